The van der Waals surface area contributed by atoms with Crippen LogP contribution in [0.1, 0.15) is 15.9 Å². The van der Waals surface area contributed by atoms with Crippen LogP contribution in [0.25, 0.3) is 10.8 Å². The summed E-state index contributed by atoms with van der Waals surface area (Å²) in [7, 11) is 0. The summed E-state index contributed by atoms with van der Waals surface area (Å²) in [6, 6.07) is 20.5. The van der Waals surface area contributed by atoms with Crippen LogP contribution in [0.15, 0.2) is 65.7 Å². The SMILES string of the molecule is N#Cc1ccc2cc(NC(=O)c3ccc(NC4=NCCN4)cc3)ccc2c1. The molecule has 3 N–H and O–H groups in total. The summed E-state index contributed by atoms with van der Waals surface area (Å²) < 4.78 is 0. The van der Waals surface area contributed by atoms with Gasteiger partial charge in [0.15, 0.2) is 5.96 Å². The van der Waals surface area contributed by atoms with E-state index in [4.69, 9.17) is 5.26 Å². The first-order valence-electron chi connectivity index (χ1n) is 8.62. The van der Waals surface area contributed by atoms with Crippen molar-refractivity contribution >= 4 is 34.0 Å². The van der Waals surface area contributed by atoms with E-state index in [-0.39, 0.29) is 5.91 Å². The summed E-state index contributed by atoms with van der Waals surface area (Å²) >= 11 is 0. The Morgan fingerprint density at radius 2 is 1.74 bits per heavy atom. The molecular formula is C21H17N5O. The van der Waals surface area contributed by atoms with Crippen LogP contribution in [-0.2, 0) is 0 Å². The number of carbonyl (C=O) groups excluding carboxylic acids is 1. The molecule has 3 aromatic carbocycles. The smallest absolute Gasteiger partial charge is 0.255 e. The van der Waals surface area contributed by atoms with Crippen LogP contribution in [0.5, 0.6) is 0 Å². The fourth-order valence-electron chi connectivity index (χ4n) is 2.92. The van der Waals surface area contributed by atoms with Gasteiger partial charge in [0.25, 0.3) is 5.91 Å². The second-order valence-electron chi connectivity index (χ2n) is 6.20. The van der Waals surface area contributed by atoms with Crippen LogP contribution in [0.3, 0.4) is 0 Å². The van der Waals surface area contributed by atoms with Gasteiger partial charge in [-0.15, -0.1) is 0 Å². The van der Waals surface area contributed by atoms with Crippen LogP contribution in [0, 0.1) is 11.3 Å². The number of guanidine groups is 1. The standard InChI is InChI=1S/C21H17N5O/c22-13-14-1-2-17-12-19(8-5-16(17)11-14)25-20(27)15-3-6-18(7-4-15)26-21-23-9-10-24-21/h1-8,11-12H,9-10H2,(H,25,27)(H2,23,24,26). The Morgan fingerprint density at radius 1 is 1.00 bits per heavy atom. The Balaban J connectivity index is 1.46. The largest absolute Gasteiger partial charge is 0.354 e. The number of aliphatic imine (C=N–C) groups is 1. The second-order valence-corrected chi connectivity index (χ2v) is 6.20. The van der Waals surface area contributed by atoms with Gasteiger partial charge in [-0.3, -0.25) is 9.79 Å². The normalized spacial score (nSPS) is 12.8. The maximum Gasteiger partial charge on any atom is 0.255 e. The average molecular weight is 355 g/mol. The third kappa shape index (κ3) is 3.72. The minimum Gasteiger partial charge on any atom is -0.354 e. The van der Waals surface area contributed by atoms with Gasteiger partial charge >= 0.3 is 0 Å². The van der Waals surface area contributed by atoms with Crippen molar-refractivity contribution in [2.45, 2.75) is 0 Å². The number of amides is 1. The van der Waals surface area contributed by atoms with Gasteiger partial charge in [0.2, 0.25) is 0 Å². The number of nitrogens with one attached hydrogen (secondary N) is 3. The number of nitrogens with zero attached hydrogens (tertiary/aromatic N) is 2. The maximum atomic E-state index is 12.5. The Kier molecular flexibility index (Phi) is 4.42. The third-order valence-electron chi connectivity index (χ3n) is 4.31. The molecule has 1 aliphatic heterocycles. The molecule has 0 unspecified atom stereocenters. The minimum atomic E-state index is -0.175. The zero-order chi connectivity index (χ0) is 18.6. The van der Waals surface area contributed by atoms with E-state index in [1.807, 2.05) is 42.5 Å². The highest BCUT2D eigenvalue weighted by molar-refractivity contribution is 6.05. The lowest BCUT2D eigenvalue weighted by molar-refractivity contribution is 0.102. The molecule has 27 heavy (non-hydrogen) atoms. The summed E-state index contributed by atoms with van der Waals surface area (Å²) in [6.07, 6.45) is 0. The number of nitriles is 1. The van der Waals surface area contributed by atoms with Gasteiger partial charge < -0.3 is 16.0 Å². The van der Waals surface area contributed by atoms with Gasteiger partial charge in [-0.25, -0.2) is 0 Å². The number of benzene rings is 3. The molecule has 4 rings (SSSR count). The number of anilines is 2. The first-order valence-corrected chi connectivity index (χ1v) is 8.62. The molecule has 0 aromatic heterocycles. The summed E-state index contributed by atoms with van der Waals surface area (Å²) in [5.74, 6) is 0.578. The molecule has 0 atom stereocenters. The van der Waals surface area contributed by atoms with E-state index in [9.17, 15) is 4.79 Å². The summed E-state index contributed by atoms with van der Waals surface area (Å²) in [5.41, 5.74) is 2.77. The third-order valence-corrected chi connectivity index (χ3v) is 4.31. The predicted octanol–water partition coefficient (Wildman–Crippen LogP) is 3.33. The quantitative estimate of drug-likeness (QED) is 0.672. The van der Waals surface area contributed by atoms with E-state index >= 15 is 0 Å². The molecule has 0 aliphatic carbocycles. The van der Waals surface area contributed by atoms with Crippen molar-refractivity contribution in [2.75, 3.05) is 23.7 Å². The van der Waals surface area contributed by atoms with Gasteiger partial charge in [-0.1, -0.05) is 12.1 Å². The molecule has 0 spiro atoms. The van der Waals surface area contributed by atoms with Gasteiger partial charge in [0.1, 0.15) is 0 Å². The Hall–Kier alpha value is -3.85. The van der Waals surface area contributed by atoms with E-state index in [0.29, 0.717) is 16.8 Å². The van der Waals surface area contributed by atoms with Crippen molar-refractivity contribution in [3.63, 3.8) is 0 Å². The minimum absolute atomic E-state index is 0.175. The fourth-order valence-corrected chi connectivity index (χ4v) is 2.92. The molecule has 0 saturated carbocycles. The molecular weight excluding hydrogens is 338 g/mol. The maximum absolute atomic E-state index is 12.5. The highest BCUT2D eigenvalue weighted by Crippen LogP contribution is 2.21. The van der Waals surface area contributed by atoms with E-state index in [1.54, 1.807) is 18.2 Å². The number of rotatable bonds is 3. The molecule has 6 heteroatoms. The van der Waals surface area contributed by atoms with Gasteiger partial charge in [0, 0.05) is 23.5 Å². The second kappa shape index (κ2) is 7.18. The highest BCUT2D eigenvalue weighted by atomic mass is 16.1. The van der Waals surface area contributed by atoms with E-state index in [0.717, 1.165) is 35.5 Å². The van der Waals surface area contributed by atoms with Crippen molar-refractivity contribution in [1.82, 2.24) is 5.32 Å². The molecule has 1 amide bonds. The van der Waals surface area contributed by atoms with Crippen molar-refractivity contribution in [3.05, 3.63) is 71.8 Å². The monoisotopic (exact) mass is 355 g/mol. The zero-order valence-electron chi connectivity index (χ0n) is 14.5. The fraction of sp³-hybridized carbons (Fsp3) is 0.0952. The first kappa shape index (κ1) is 16.6. The Bertz CT molecular complexity index is 1080. The van der Waals surface area contributed by atoms with E-state index in [2.05, 4.69) is 27.0 Å². The molecule has 0 bridgehead atoms. The van der Waals surface area contributed by atoms with Gasteiger partial charge in [0.05, 0.1) is 18.2 Å². The molecule has 0 fully saturated rings. The first-order chi connectivity index (χ1) is 13.2. The van der Waals surface area contributed by atoms with Crippen LogP contribution in [0.2, 0.25) is 0 Å². The summed E-state index contributed by atoms with van der Waals surface area (Å²) in [4.78, 5) is 16.8. The molecule has 3 aromatic rings. The molecule has 0 radical (unpaired) electrons. The average Bonchev–Trinajstić information content (AvgIpc) is 3.21. The number of hydrogen-bond donors (Lipinski definition) is 3. The lowest BCUT2D eigenvalue weighted by atomic mass is 10.1. The van der Waals surface area contributed by atoms with Gasteiger partial charge in [-0.05, 0) is 59.3 Å². The zero-order valence-corrected chi connectivity index (χ0v) is 14.5. The van der Waals surface area contributed by atoms with Crippen molar-refractivity contribution in [3.8, 4) is 6.07 Å². The molecule has 0 saturated heterocycles. The molecule has 6 nitrogen and oxygen atoms in total. The molecule has 1 heterocycles. The number of fused-ring (bicyclic) bond motifs is 1. The van der Waals surface area contributed by atoms with Crippen molar-refractivity contribution in [2.24, 2.45) is 4.99 Å². The van der Waals surface area contributed by atoms with Gasteiger partial charge in [-0.2, -0.15) is 5.26 Å². The van der Waals surface area contributed by atoms with Crippen molar-refractivity contribution < 1.29 is 4.79 Å². The van der Waals surface area contributed by atoms with Crippen molar-refractivity contribution in [1.29, 1.82) is 5.26 Å². The molecule has 1 aliphatic rings. The predicted molar refractivity (Wildman–Crippen MR) is 107 cm³/mol. The Labute approximate surface area is 156 Å². The van der Waals surface area contributed by atoms with Crippen LogP contribution in [0.4, 0.5) is 11.4 Å². The number of hydrogen-bond acceptors (Lipinski definition) is 5. The van der Waals surface area contributed by atoms with E-state index < -0.39 is 0 Å². The van der Waals surface area contributed by atoms with Crippen LogP contribution < -0.4 is 16.0 Å². The summed E-state index contributed by atoms with van der Waals surface area (Å²) in [5, 5.41) is 20.1. The lowest BCUT2D eigenvalue weighted by Gasteiger charge is -2.09. The van der Waals surface area contributed by atoms with E-state index in [1.165, 1.54) is 0 Å². The lowest BCUT2D eigenvalue weighted by Crippen LogP contribution is -2.26. The topological polar surface area (TPSA) is 89.3 Å². The van der Waals surface area contributed by atoms with Crippen LogP contribution in [-0.4, -0.2) is 25.0 Å². The highest BCUT2D eigenvalue weighted by Gasteiger charge is 2.09. The summed E-state index contributed by atoms with van der Waals surface area (Å²) in [6.45, 7) is 1.61. The molecule has 132 valence electrons. The number of carbonyl (C=O) groups is 1. The Morgan fingerprint density at radius 3 is 2.48 bits per heavy atom. The van der Waals surface area contributed by atoms with Crippen LogP contribution >= 0.6 is 0 Å².